The molecule has 2 amide bonds. The number of aliphatic hydroxyl groups excluding tert-OH is 1. The van der Waals surface area contributed by atoms with E-state index in [1.54, 1.807) is 25.2 Å². The first-order valence-electron chi connectivity index (χ1n) is 23.3. The lowest BCUT2D eigenvalue weighted by atomic mass is 9.64. The summed E-state index contributed by atoms with van der Waals surface area (Å²) in [6, 6.07) is 43.8. The summed E-state index contributed by atoms with van der Waals surface area (Å²) in [6.45, 7) is 1.57. The van der Waals surface area contributed by atoms with Crippen LogP contribution >= 0.6 is 0 Å². The molecule has 4 aliphatic heterocycles. The van der Waals surface area contributed by atoms with Crippen LogP contribution in [0.15, 0.2) is 146 Å². The smallest absolute Gasteiger partial charge is 0.324 e. The highest BCUT2D eigenvalue weighted by Crippen LogP contribution is 2.65. The van der Waals surface area contributed by atoms with Crippen LogP contribution in [0.1, 0.15) is 62.7 Å². The van der Waals surface area contributed by atoms with E-state index in [2.05, 4.69) is 39.1 Å². The molecule has 6 aromatic carbocycles. The first kappa shape index (κ1) is 45.4. The highest BCUT2D eigenvalue weighted by molar-refractivity contribution is 6.12. The van der Waals surface area contributed by atoms with Crippen LogP contribution in [0.25, 0.3) is 0 Å². The molecule has 0 radical (unpaired) electrons. The lowest BCUT2D eigenvalue weighted by Crippen LogP contribution is -2.56. The van der Waals surface area contributed by atoms with Gasteiger partial charge in [-0.1, -0.05) is 115 Å². The van der Waals surface area contributed by atoms with Crippen LogP contribution in [0.2, 0.25) is 0 Å². The van der Waals surface area contributed by atoms with Crippen molar-refractivity contribution in [3.05, 3.63) is 190 Å². The molecular weight excluding hydrogens is 869 g/mol. The molecule has 4 heterocycles. The van der Waals surface area contributed by atoms with Crippen molar-refractivity contribution in [2.75, 3.05) is 52.9 Å². The average Bonchev–Trinajstić information content (AvgIpc) is 3.86. The van der Waals surface area contributed by atoms with Gasteiger partial charge in [-0.15, -0.1) is 0 Å². The molecule has 0 bridgehead atoms. The van der Waals surface area contributed by atoms with Crippen molar-refractivity contribution < 1.29 is 38.4 Å². The number of cyclic esters (lactones) is 1. The number of carbonyl (C=O) groups is 3. The summed E-state index contributed by atoms with van der Waals surface area (Å²) < 4.78 is 24.1. The molecular formula is C57H54N4O8. The molecule has 2 N–H and O–H groups in total. The Hall–Kier alpha value is -7.43. The first-order chi connectivity index (χ1) is 33.7. The molecule has 69 heavy (non-hydrogen) atoms. The second-order valence-corrected chi connectivity index (χ2v) is 18.1. The van der Waals surface area contributed by atoms with E-state index in [-0.39, 0.29) is 25.7 Å². The van der Waals surface area contributed by atoms with Crippen LogP contribution in [0.3, 0.4) is 0 Å². The number of hydrogen-bond acceptors (Lipinski definition) is 10. The number of rotatable bonds is 12. The molecule has 0 unspecified atom stereocenters. The Morgan fingerprint density at radius 1 is 0.812 bits per heavy atom. The molecule has 0 aliphatic carbocycles. The third-order valence-electron chi connectivity index (χ3n) is 14.0. The highest BCUT2D eigenvalue weighted by Gasteiger charge is 2.74. The summed E-state index contributed by atoms with van der Waals surface area (Å²) in [6.07, 6.45) is -0.310. The Morgan fingerprint density at radius 3 is 2.20 bits per heavy atom. The topological polar surface area (TPSA) is 130 Å². The average molecular weight is 923 g/mol. The van der Waals surface area contributed by atoms with Gasteiger partial charge in [-0.25, -0.2) is 0 Å². The predicted octanol–water partition coefficient (Wildman–Crippen LogP) is 7.41. The number of morpholine rings is 1. The van der Waals surface area contributed by atoms with Gasteiger partial charge in [0.1, 0.15) is 29.9 Å². The molecule has 1 spiro atoms. The van der Waals surface area contributed by atoms with Crippen molar-refractivity contribution in [1.82, 2.24) is 14.7 Å². The van der Waals surface area contributed by atoms with E-state index in [1.165, 1.54) is 5.56 Å². The minimum Gasteiger partial charge on any atom is -0.493 e. The monoisotopic (exact) mass is 922 g/mol. The number of nitrogens with zero attached hydrogens (tertiary/aromatic N) is 3. The quantitative estimate of drug-likeness (QED) is 0.0946. The van der Waals surface area contributed by atoms with E-state index in [0.717, 1.165) is 28.8 Å². The maximum absolute atomic E-state index is 16.2. The van der Waals surface area contributed by atoms with Crippen LogP contribution in [-0.2, 0) is 44.0 Å². The lowest BCUT2D eigenvalue weighted by molar-refractivity contribution is -0.179. The summed E-state index contributed by atoms with van der Waals surface area (Å²) >= 11 is 0. The molecule has 10 rings (SSSR count). The van der Waals surface area contributed by atoms with Gasteiger partial charge < -0.3 is 34.3 Å². The molecule has 6 atom stereocenters. The third-order valence-corrected chi connectivity index (χ3v) is 14.0. The van der Waals surface area contributed by atoms with E-state index in [9.17, 15) is 5.11 Å². The third kappa shape index (κ3) is 8.26. The Balaban J connectivity index is 1.18. The molecule has 6 aromatic rings. The minimum absolute atomic E-state index is 0.0424. The van der Waals surface area contributed by atoms with E-state index in [1.807, 2.05) is 134 Å². The summed E-state index contributed by atoms with van der Waals surface area (Å²) in [7, 11) is 5.20. The molecule has 0 aromatic heterocycles. The Bertz CT molecular complexity index is 2940. The van der Waals surface area contributed by atoms with Crippen molar-refractivity contribution in [1.29, 1.82) is 0 Å². The van der Waals surface area contributed by atoms with Gasteiger partial charge in [0.25, 0.3) is 0 Å². The number of fused-ring (bicyclic) bond motifs is 4. The van der Waals surface area contributed by atoms with Crippen LogP contribution in [-0.4, -0.2) is 91.2 Å². The lowest BCUT2D eigenvalue weighted by Gasteiger charge is -2.46. The summed E-state index contributed by atoms with van der Waals surface area (Å²) in [5.74, 6) is 5.66. The molecule has 12 nitrogen and oxygen atoms in total. The van der Waals surface area contributed by atoms with Gasteiger partial charge in [0.15, 0.2) is 11.5 Å². The fourth-order valence-electron chi connectivity index (χ4n) is 11.1. The van der Waals surface area contributed by atoms with Gasteiger partial charge >= 0.3 is 5.97 Å². The van der Waals surface area contributed by atoms with Gasteiger partial charge in [-0.05, 0) is 94.9 Å². The van der Waals surface area contributed by atoms with E-state index < -0.39 is 47.4 Å². The van der Waals surface area contributed by atoms with E-state index in [0.29, 0.717) is 59.1 Å². The number of ether oxygens (including phenoxy) is 4. The SMILES string of the molecule is COc1cc2c(cc1OC)CN(C(=O)[C@@H]1[C@H]3C(=O)O[C@H](c4ccccc4)[C@H](c4ccccc4)N3[C@H](c3cccc(OCCO)c3)[C@@]13C(=O)Nc1ccc(C#CCN(C)Cc4ccccc4)cc13)CC2. The second-order valence-electron chi connectivity index (χ2n) is 18.1. The normalized spacial score (nSPS) is 22.4. The summed E-state index contributed by atoms with van der Waals surface area (Å²) in [4.78, 5) is 53.6. The van der Waals surface area contributed by atoms with Crippen molar-refractivity contribution in [3.8, 4) is 29.1 Å². The van der Waals surface area contributed by atoms with Crippen LogP contribution in [0.4, 0.5) is 5.69 Å². The van der Waals surface area contributed by atoms with Gasteiger partial charge in [0, 0.05) is 30.9 Å². The fourth-order valence-corrected chi connectivity index (χ4v) is 11.1. The van der Waals surface area contributed by atoms with Crippen LogP contribution < -0.4 is 19.5 Å². The molecule has 2 saturated heterocycles. The number of methoxy groups -OCH3 is 2. The second kappa shape index (κ2) is 19.3. The van der Waals surface area contributed by atoms with Gasteiger partial charge in [0.2, 0.25) is 11.8 Å². The number of carbonyl (C=O) groups excluding carboxylic acids is 3. The van der Waals surface area contributed by atoms with Gasteiger partial charge in [0.05, 0.1) is 45.4 Å². The molecule has 0 saturated carbocycles. The van der Waals surface area contributed by atoms with Crippen LogP contribution in [0, 0.1) is 17.8 Å². The van der Waals surface area contributed by atoms with Crippen molar-refractivity contribution in [2.24, 2.45) is 5.92 Å². The van der Waals surface area contributed by atoms with Crippen LogP contribution in [0.5, 0.6) is 17.2 Å². The summed E-state index contributed by atoms with van der Waals surface area (Å²) in [5, 5.41) is 13.0. The maximum atomic E-state index is 16.2. The Morgan fingerprint density at radius 2 is 1.49 bits per heavy atom. The zero-order valence-corrected chi connectivity index (χ0v) is 38.8. The number of nitrogens with one attached hydrogen (secondary N) is 1. The molecule has 350 valence electrons. The Labute approximate surface area is 402 Å². The zero-order chi connectivity index (χ0) is 47.6. The molecule has 2 fully saturated rings. The van der Waals surface area contributed by atoms with Gasteiger partial charge in [-0.2, -0.15) is 0 Å². The Kier molecular flexibility index (Phi) is 12.7. The van der Waals surface area contributed by atoms with E-state index >= 15 is 14.4 Å². The standard InChI is InChI=1S/C57H54N4O8/c1-59(35-38-15-7-4-8-16-38)27-14-17-37-24-25-46-45(31-37)57(56(65)58-46)49(54(63)60-28-26-41-33-47(66-2)48(67-3)34-43(41)36-60)51-55(64)69-52(40-20-11-6-12-21-40)50(39-18-9-5-10-19-39)61(51)53(57)42-22-13-23-44(32-42)68-30-29-62/h4-13,15-16,18-25,31-34,49-53,62H,26-30,35-36H2,1-3H3,(H,58,65)/t49-,50-,51-,52+,53+,57-/m0/s1. The number of amides is 2. The van der Waals surface area contributed by atoms with Gasteiger partial charge in [-0.3, -0.25) is 24.2 Å². The minimum atomic E-state index is -1.72. The number of esters is 1. The largest absolute Gasteiger partial charge is 0.493 e. The first-order valence-corrected chi connectivity index (χ1v) is 23.3. The molecule has 12 heteroatoms. The number of hydrogen-bond donors (Lipinski definition) is 2. The van der Waals surface area contributed by atoms with Crippen molar-refractivity contribution in [2.45, 2.75) is 49.2 Å². The number of benzene rings is 6. The number of aliphatic hydroxyl groups is 1. The molecule has 4 aliphatic rings. The fraction of sp³-hybridized carbons (Fsp3) is 0.281. The highest BCUT2D eigenvalue weighted by atomic mass is 16.6. The summed E-state index contributed by atoms with van der Waals surface area (Å²) in [5.41, 5.74) is 5.37. The predicted molar refractivity (Wildman–Crippen MR) is 260 cm³/mol. The van der Waals surface area contributed by atoms with E-state index in [4.69, 9.17) is 18.9 Å². The van der Waals surface area contributed by atoms with Crippen molar-refractivity contribution >= 4 is 23.5 Å². The number of anilines is 1. The zero-order valence-electron chi connectivity index (χ0n) is 38.8. The maximum Gasteiger partial charge on any atom is 0.324 e. The van der Waals surface area contributed by atoms with Crippen molar-refractivity contribution in [3.63, 3.8) is 0 Å².